The first kappa shape index (κ1) is 14.9. The number of carbonyl (C=O) groups is 1. The Morgan fingerprint density at radius 1 is 1.17 bits per heavy atom. The van der Waals surface area contributed by atoms with Gasteiger partial charge in [-0.05, 0) is 30.5 Å². The summed E-state index contributed by atoms with van der Waals surface area (Å²) >= 11 is 0. The summed E-state index contributed by atoms with van der Waals surface area (Å²) in [4.78, 5) is 11.8. The predicted molar refractivity (Wildman–Crippen MR) is 72.3 cm³/mol. The molecule has 0 aliphatic heterocycles. The van der Waals surface area contributed by atoms with Crippen LogP contribution >= 0.6 is 0 Å². The molecule has 3 nitrogen and oxygen atoms in total. The van der Waals surface area contributed by atoms with Crippen molar-refractivity contribution in [3.8, 4) is 0 Å². The fraction of sp³-hybridized carbons (Fsp3) is 0.500. The average Bonchev–Trinajstić information content (AvgIpc) is 2.28. The molecule has 4 heteroatoms. The third-order valence-corrected chi connectivity index (χ3v) is 4.01. The number of sulfone groups is 1. The highest BCUT2D eigenvalue weighted by Gasteiger charge is 2.08. The van der Waals surface area contributed by atoms with Crippen molar-refractivity contribution in [2.45, 2.75) is 38.0 Å². The zero-order valence-electron chi connectivity index (χ0n) is 11.1. The van der Waals surface area contributed by atoms with Crippen LogP contribution in [-0.2, 0) is 21.1 Å². The van der Waals surface area contributed by atoms with Gasteiger partial charge in [0.25, 0.3) is 0 Å². The normalized spacial score (nSPS) is 11.8. The number of hydrogen-bond donors (Lipinski definition) is 0. The minimum absolute atomic E-state index is 0.0950. The molecule has 0 saturated carbocycles. The highest BCUT2D eigenvalue weighted by Crippen LogP contribution is 2.13. The molecule has 0 aliphatic rings. The Hall–Kier alpha value is -1.16. The van der Waals surface area contributed by atoms with Crippen LogP contribution in [0.15, 0.2) is 29.2 Å². The Morgan fingerprint density at radius 3 is 2.17 bits per heavy atom. The van der Waals surface area contributed by atoms with E-state index in [4.69, 9.17) is 0 Å². The minimum Gasteiger partial charge on any atom is -0.299 e. The Bertz CT molecular complexity index is 498. The summed E-state index contributed by atoms with van der Waals surface area (Å²) in [6.07, 6.45) is 3.41. The molecule has 100 valence electrons. The SMILES string of the molecule is CC(C)C(=O)CCCc1ccc(S(C)(=O)=O)cc1. The number of carbonyl (C=O) groups excluding carboxylic acids is 1. The van der Waals surface area contributed by atoms with Crippen molar-refractivity contribution >= 4 is 15.6 Å². The predicted octanol–water partition coefficient (Wildman–Crippen LogP) is 2.64. The number of hydrogen-bond acceptors (Lipinski definition) is 3. The van der Waals surface area contributed by atoms with E-state index < -0.39 is 9.84 Å². The second-order valence-electron chi connectivity index (χ2n) is 4.89. The van der Waals surface area contributed by atoms with E-state index in [9.17, 15) is 13.2 Å². The maximum absolute atomic E-state index is 11.4. The Kier molecular flexibility index (Phi) is 5.08. The third-order valence-electron chi connectivity index (χ3n) is 2.88. The van der Waals surface area contributed by atoms with E-state index in [1.54, 1.807) is 12.1 Å². The lowest BCUT2D eigenvalue weighted by molar-refractivity contribution is -0.121. The Morgan fingerprint density at radius 2 is 1.72 bits per heavy atom. The van der Waals surface area contributed by atoms with E-state index in [1.807, 2.05) is 26.0 Å². The molecular formula is C14H20O3S. The van der Waals surface area contributed by atoms with Gasteiger partial charge in [0, 0.05) is 18.6 Å². The van der Waals surface area contributed by atoms with Gasteiger partial charge in [0.15, 0.2) is 9.84 Å². The van der Waals surface area contributed by atoms with E-state index in [2.05, 4.69) is 0 Å². The number of rotatable bonds is 6. The van der Waals surface area contributed by atoms with Crippen molar-refractivity contribution in [3.63, 3.8) is 0 Å². The van der Waals surface area contributed by atoms with Crippen LogP contribution in [0, 0.1) is 5.92 Å². The maximum Gasteiger partial charge on any atom is 0.175 e. The van der Waals surface area contributed by atoms with Crippen molar-refractivity contribution in [1.82, 2.24) is 0 Å². The zero-order valence-corrected chi connectivity index (χ0v) is 12.0. The Balaban J connectivity index is 2.53. The molecule has 0 atom stereocenters. The van der Waals surface area contributed by atoms with Gasteiger partial charge in [-0.15, -0.1) is 0 Å². The number of ketones is 1. The molecule has 0 heterocycles. The molecule has 0 unspecified atom stereocenters. The average molecular weight is 268 g/mol. The first-order valence-electron chi connectivity index (χ1n) is 6.12. The fourth-order valence-electron chi connectivity index (χ4n) is 1.66. The molecule has 0 fully saturated rings. The molecule has 0 aliphatic carbocycles. The smallest absolute Gasteiger partial charge is 0.175 e. The lowest BCUT2D eigenvalue weighted by Crippen LogP contribution is -2.06. The van der Waals surface area contributed by atoms with Crippen molar-refractivity contribution < 1.29 is 13.2 Å². The topological polar surface area (TPSA) is 51.2 Å². The summed E-state index contributed by atoms with van der Waals surface area (Å²) < 4.78 is 22.6. The quantitative estimate of drug-likeness (QED) is 0.797. The van der Waals surface area contributed by atoms with Crippen molar-refractivity contribution in [2.24, 2.45) is 5.92 Å². The monoisotopic (exact) mass is 268 g/mol. The van der Waals surface area contributed by atoms with Gasteiger partial charge < -0.3 is 0 Å². The summed E-state index contributed by atoms with van der Waals surface area (Å²) in [6, 6.07) is 6.87. The number of benzene rings is 1. The van der Waals surface area contributed by atoms with Gasteiger partial charge in [0.2, 0.25) is 0 Å². The summed E-state index contributed by atoms with van der Waals surface area (Å²) in [5.41, 5.74) is 1.07. The zero-order chi connectivity index (χ0) is 13.8. The molecular weight excluding hydrogens is 248 g/mol. The van der Waals surface area contributed by atoms with Crippen LogP contribution in [0.1, 0.15) is 32.3 Å². The molecule has 18 heavy (non-hydrogen) atoms. The summed E-state index contributed by atoms with van der Waals surface area (Å²) in [5, 5.41) is 0. The van der Waals surface area contributed by atoms with Crippen molar-refractivity contribution in [2.75, 3.05) is 6.26 Å². The van der Waals surface area contributed by atoms with E-state index >= 15 is 0 Å². The highest BCUT2D eigenvalue weighted by molar-refractivity contribution is 7.90. The van der Waals surface area contributed by atoms with E-state index in [-0.39, 0.29) is 11.7 Å². The van der Waals surface area contributed by atoms with Gasteiger partial charge in [-0.25, -0.2) is 8.42 Å². The molecule has 0 spiro atoms. The lowest BCUT2D eigenvalue weighted by atomic mass is 10.0. The van der Waals surface area contributed by atoms with Gasteiger partial charge in [-0.1, -0.05) is 26.0 Å². The summed E-state index contributed by atoms with van der Waals surface area (Å²) in [6.45, 7) is 3.81. The van der Waals surface area contributed by atoms with Crippen LogP contribution in [0.4, 0.5) is 0 Å². The first-order valence-corrected chi connectivity index (χ1v) is 8.01. The van der Waals surface area contributed by atoms with Crippen molar-refractivity contribution in [1.29, 1.82) is 0 Å². The van der Waals surface area contributed by atoms with Crippen LogP contribution in [-0.4, -0.2) is 20.5 Å². The van der Waals surface area contributed by atoms with Gasteiger partial charge in [0.05, 0.1) is 4.90 Å². The molecule has 0 amide bonds. The standard InChI is InChI=1S/C14H20O3S/c1-11(2)14(15)6-4-5-12-7-9-13(10-8-12)18(3,16)17/h7-11H,4-6H2,1-3H3. The molecule has 0 radical (unpaired) electrons. The van der Waals surface area contributed by atoms with Crippen LogP contribution in [0.5, 0.6) is 0 Å². The summed E-state index contributed by atoms with van der Waals surface area (Å²) in [7, 11) is -3.12. The number of Topliss-reactive ketones (excluding diaryl/α,β-unsaturated/α-hetero) is 1. The molecule has 0 bridgehead atoms. The molecule has 0 aromatic heterocycles. The van der Waals surface area contributed by atoms with E-state index in [0.29, 0.717) is 11.3 Å². The highest BCUT2D eigenvalue weighted by atomic mass is 32.2. The largest absolute Gasteiger partial charge is 0.299 e. The maximum atomic E-state index is 11.4. The minimum atomic E-state index is -3.12. The molecule has 1 aromatic rings. The van der Waals surface area contributed by atoms with E-state index in [0.717, 1.165) is 18.4 Å². The van der Waals surface area contributed by atoms with E-state index in [1.165, 1.54) is 6.26 Å². The van der Waals surface area contributed by atoms with Crippen molar-refractivity contribution in [3.05, 3.63) is 29.8 Å². The van der Waals surface area contributed by atoms with Gasteiger partial charge >= 0.3 is 0 Å². The summed E-state index contributed by atoms with van der Waals surface area (Å²) in [5.74, 6) is 0.375. The second kappa shape index (κ2) is 6.14. The van der Waals surface area contributed by atoms with Crippen LogP contribution in [0.25, 0.3) is 0 Å². The van der Waals surface area contributed by atoms with Crippen LogP contribution < -0.4 is 0 Å². The lowest BCUT2D eigenvalue weighted by Gasteiger charge is -2.05. The molecule has 0 N–H and O–H groups in total. The second-order valence-corrected chi connectivity index (χ2v) is 6.91. The molecule has 1 aromatic carbocycles. The van der Waals surface area contributed by atoms with Crippen LogP contribution in [0.2, 0.25) is 0 Å². The van der Waals surface area contributed by atoms with Gasteiger partial charge in [0.1, 0.15) is 5.78 Å². The third kappa shape index (κ3) is 4.61. The van der Waals surface area contributed by atoms with Gasteiger partial charge in [-0.2, -0.15) is 0 Å². The van der Waals surface area contributed by atoms with Gasteiger partial charge in [-0.3, -0.25) is 4.79 Å². The van der Waals surface area contributed by atoms with Crippen LogP contribution in [0.3, 0.4) is 0 Å². The Labute approximate surface area is 109 Å². The molecule has 1 rings (SSSR count). The first-order chi connectivity index (χ1) is 8.30. The number of aryl methyl sites for hydroxylation is 1. The fourth-order valence-corrected chi connectivity index (χ4v) is 2.29. The molecule has 0 saturated heterocycles.